The zero-order valence-corrected chi connectivity index (χ0v) is 12.1. The van der Waals surface area contributed by atoms with Crippen LogP contribution in [0.25, 0.3) is 4.96 Å². The Morgan fingerprint density at radius 3 is 3.06 bits per heavy atom. The summed E-state index contributed by atoms with van der Waals surface area (Å²) in [5, 5.41) is 3.13. The van der Waals surface area contributed by atoms with Crippen molar-refractivity contribution in [2.24, 2.45) is 0 Å². The molecule has 0 bridgehead atoms. The van der Waals surface area contributed by atoms with Gasteiger partial charge >= 0.3 is 0 Å². The van der Waals surface area contributed by atoms with Crippen molar-refractivity contribution in [2.45, 2.75) is 31.8 Å². The van der Waals surface area contributed by atoms with Crippen molar-refractivity contribution in [3.63, 3.8) is 0 Å². The summed E-state index contributed by atoms with van der Waals surface area (Å²) < 4.78 is 2.12. The van der Waals surface area contributed by atoms with E-state index in [-0.39, 0.29) is 0 Å². The van der Waals surface area contributed by atoms with E-state index < -0.39 is 0 Å². The van der Waals surface area contributed by atoms with Crippen LogP contribution >= 0.6 is 27.3 Å². The average molecular weight is 314 g/mol. The van der Waals surface area contributed by atoms with Gasteiger partial charge in [-0.3, -0.25) is 9.30 Å². The van der Waals surface area contributed by atoms with Crippen LogP contribution in [0.1, 0.15) is 25.0 Å². The highest BCUT2D eigenvalue weighted by atomic mass is 79.9. The van der Waals surface area contributed by atoms with Crippen LogP contribution in [0.5, 0.6) is 0 Å². The molecule has 1 fully saturated rings. The molecule has 17 heavy (non-hydrogen) atoms. The zero-order chi connectivity index (χ0) is 11.7. The lowest BCUT2D eigenvalue weighted by molar-refractivity contribution is 0.127. The van der Waals surface area contributed by atoms with Crippen LogP contribution < -0.4 is 0 Å². The van der Waals surface area contributed by atoms with E-state index >= 15 is 0 Å². The Balaban J connectivity index is 1.72. The standard InChI is InChI=1S/C12H16BrN3S/c13-4-5-15(11-2-1-3-11)8-10-9-16-6-7-17-12(16)14-10/h6-7,9,11H,1-5,8H2. The third kappa shape index (κ3) is 2.41. The second kappa shape index (κ2) is 5.08. The summed E-state index contributed by atoms with van der Waals surface area (Å²) >= 11 is 5.25. The zero-order valence-electron chi connectivity index (χ0n) is 9.68. The Kier molecular flexibility index (Phi) is 3.49. The summed E-state index contributed by atoms with van der Waals surface area (Å²) in [5.41, 5.74) is 1.20. The van der Waals surface area contributed by atoms with E-state index in [1.165, 1.54) is 25.0 Å². The van der Waals surface area contributed by atoms with Crippen LogP contribution in [0.4, 0.5) is 0 Å². The Morgan fingerprint density at radius 2 is 2.41 bits per heavy atom. The van der Waals surface area contributed by atoms with Gasteiger partial charge in [-0.15, -0.1) is 11.3 Å². The molecule has 1 saturated carbocycles. The molecule has 0 atom stereocenters. The van der Waals surface area contributed by atoms with E-state index in [1.807, 2.05) is 0 Å². The minimum absolute atomic E-state index is 0.785. The molecule has 0 amide bonds. The molecule has 0 radical (unpaired) electrons. The quantitative estimate of drug-likeness (QED) is 0.790. The normalized spacial score (nSPS) is 16.8. The molecule has 0 aromatic carbocycles. The number of alkyl halides is 1. The average Bonchev–Trinajstić information content (AvgIpc) is 2.75. The van der Waals surface area contributed by atoms with Gasteiger partial charge < -0.3 is 0 Å². The number of hydrogen-bond donors (Lipinski definition) is 0. The Morgan fingerprint density at radius 1 is 1.53 bits per heavy atom. The van der Waals surface area contributed by atoms with Crippen molar-refractivity contribution >= 4 is 32.2 Å². The van der Waals surface area contributed by atoms with E-state index in [1.54, 1.807) is 11.3 Å². The monoisotopic (exact) mass is 313 g/mol. The summed E-state index contributed by atoms with van der Waals surface area (Å²) in [6, 6.07) is 0.785. The third-order valence-electron chi connectivity index (χ3n) is 3.47. The second-order valence-corrected chi connectivity index (χ2v) is 6.24. The van der Waals surface area contributed by atoms with Crippen LogP contribution in [-0.2, 0) is 6.54 Å². The molecule has 2 aromatic heterocycles. The molecule has 1 aliphatic carbocycles. The number of thiazole rings is 1. The minimum atomic E-state index is 0.785. The van der Waals surface area contributed by atoms with Crippen molar-refractivity contribution in [1.82, 2.24) is 14.3 Å². The first kappa shape index (κ1) is 11.7. The van der Waals surface area contributed by atoms with Gasteiger partial charge in [-0.2, -0.15) is 0 Å². The van der Waals surface area contributed by atoms with Crippen molar-refractivity contribution in [3.8, 4) is 0 Å². The van der Waals surface area contributed by atoms with E-state index in [0.717, 1.165) is 29.4 Å². The van der Waals surface area contributed by atoms with E-state index in [2.05, 4.69) is 48.0 Å². The number of hydrogen-bond acceptors (Lipinski definition) is 3. The van der Waals surface area contributed by atoms with Gasteiger partial charge in [0.25, 0.3) is 0 Å². The molecule has 0 aliphatic heterocycles. The summed E-state index contributed by atoms with van der Waals surface area (Å²) in [7, 11) is 0. The first-order valence-corrected chi connectivity index (χ1v) is 8.08. The topological polar surface area (TPSA) is 20.5 Å². The largest absolute Gasteiger partial charge is 0.297 e. The minimum Gasteiger partial charge on any atom is -0.297 e. The number of fused-ring (bicyclic) bond motifs is 1. The molecule has 3 nitrogen and oxygen atoms in total. The number of rotatable bonds is 5. The number of halogens is 1. The van der Waals surface area contributed by atoms with Gasteiger partial charge in [-0.25, -0.2) is 4.98 Å². The van der Waals surface area contributed by atoms with Crippen LogP contribution in [-0.4, -0.2) is 32.2 Å². The van der Waals surface area contributed by atoms with Crippen molar-refractivity contribution < 1.29 is 0 Å². The fraction of sp³-hybridized carbons (Fsp3) is 0.583. The smallest absolute Gasteiger partial charge is 0.193 e. The first-order valence-electron chi connectivity index (χ1n) is 6.08. The van der Waals surface area contributed by atoms with Gasteiger partial charge in [0.05, 0.1) is 5.69 Å². The lowest BCUT2D eigenvalue weighted by Gasteiger charge is -2.36. The summed E-state index contributed by atoms with van der Waals surface area (Å²) in [6.45, 7) is 2.11. The maximum atomic E-state index is 4.66. The predicted molar refractivity (Wildman–Crippen MR) is 74.9 cm³/mol. The van der Waals surface area contributed by atoms with E-state index in [9.17, 15) is 0 Å². The molecule has 92 valence electrons. The van der Waals surface area contributed by atoms with E-state index in [0.29, 0.717) is 0 Å². The number of nitrogens with zero attached hydrogens (tertiary/aromatic N) is 3. The van der Waals surface area contributed by atoms with Gasteiger partial charge in [0.1, 0.15) is 0 Å². The van der Waals surface area contributed by atoms with Gasteiger partial charge in [0.2, 0.25) is 0 Å². The Bertz CT molecular complexity index is 460. The molecule has 1 aliphatic rings. The lowest BCUT2D eigenvalue weighted by atomic mass is 9.91. The maximum absolute atomic E-state index is 4.66. The summed E-state index contributed by atoms with van der Waals surface area (Å²) in [4.78, 5) is 8.32. The predicted octanol–water partition coefficient (Wildman–Crippen LogP) is 3.15. The summed E-state index contributed by atoms with van der Waals surface area (Å²) in [6.07, 6.45) is 8.34. The molecule has 0 spiro atoms. The molecule has 0 N–H and O–H groups in total. The molecule has 2 heterocycles. The van der Waals surface area contributed by atoms with Gasteiger partial charge in [-0.1, -0.05) is 22.4 Å². The fourth-order valence-corrected chi connectivity index (χ4v) is 3.49. The fourth-order valence-electron chi connectivity index (χ4n) is 2.31. The Hall–Kier alpha value is -0.390. The van der Waals surface area contributed by atoms with E-state index in [4.69, 9.17) is 0 Å². The highest BCUT2D eigenvalue weighted by Crippen LogP contribution is 2.26. The third-order valence-corrected chi connectivity index (χ3v) is 4.60. The number of imidazole rings is 1. The molecule has 0 unspecified atom stereocenters. The van der Waals surface area contributed by atoms with Crippen LogP contribution in [0.3, 0.4) is 0 Å². The highest BCUT2D eigenvalue weighted by molar-refractivity contribution is 9.09. The maximum Gasteiger partial charge on any atom is 0.193 e. The van der Waals surface area contributed by atoms with Crippen LogP contribution in [0.2, 0.25) is 0 Å². The first-order chi connectivity index (χ1) is 8.36. The Labute approximate surface area is 114 Å². The molecular weight excluding hydrogens is 298 g/mol. The van der Waals surface area contributed by atoms with Crippen molar-refractivity contribution in [1.29, 1.82) is 0 Å². The van der Waals surface area contributed by atoms with Crippen LogP contribution in [0.15, 0.2) is 17.8 Å². The SMILES string of the molecule is BrCCN(Cc1cn2ccsc2n1)C1CCC1. The molecular formula is C12H16BrN3S. The lowest BCUT2D eigenvalue weighted by Crippen LogP contribution is -2.40. The molecule has 3 rings (SSSR count). The number of aromatic nitrogens is 2. The van der Waals surface area contributed by atoms with Crippen molar-refractivity contribution in [2.75, 3.05) is 11.9 Å². The van der Waals surface area contributed by atoms with Gasteiger partial charge in [0, 0.05) is 42.2 Å². The molecule has 2 aromatic rings. The van der Waals surface area contributed by atoms with Crippen LogP contribution in [0, 0.1) is 0 Å². The second-order valence-electron chi connectivity index (χ2n) is 4.57. The molecule has 0 saturated heterocycles. The van der Waals surface area contributed by atoms with Gasteiger partial charge in [-0.05, 0) is 12.8 Å². The summed E-state index contributed by atoms with van der Waals surface area (Å²) in [5.74, 6) is 0. The molecule has 5 heteroatoms. The highest BCUT2D eigenvalue weighted by Gasteiger charge is 2.24. The van der Waals surface area contributed by atoms with Crippen molar-refractivity contribution in [3.05, 3.63) is 23.5 Å². The van der Waals surface area contributed by atoms with Gasteiger partial charge in [0.15, 0.2) is 4.96 Å².